The lowest BCUT2D eigenvalue weighted by Crippen LogP contribution is -2.14. The number of hydrogen-bond donors (Lipinski definition) is 1. The first kappa shape index (κ1) is 11.8. The first-order valence-electron chi connectivity index (χ1n) is 5.76. The normalized spacial score (nSPS) is 12.7. The van der Waals surface area contributed by atoms with Gasteiger partial charge in [0.15, 0.2) is 5.82 Å². The lowest BCUT2D eigenvalue weighted by Gasteiger charge is -2.09. The number of nitrogens with two attached hydrogens (primary N) is 1. The predicted molar refractivity (Wildman–Crippen MR) is 65.6 cm³/mol. The molecular weight excluding hydrogens is 214 g/mol. The van der Waals surface area contributed by atoms with Crippen LogP contribution in [0.5, 0.6) is 0 Å². The van der Waals surface area contributed by atoms with Crippen molar-refractivity contribution >= 4 is 0 Å². The third-order valence-electron chi connectivity index (χ3n) is 2.67. The van der Waals surface area contributed by atoms with Gasteiger partial charge in [-0.1, -0.05) is 41.4 Å². The van der Waals surface area contributed by atoms with Crippen molar-refractivity contribution in [3.63, 3.8) is 0 Å². The van der Waals surface area contributed by atoms with Crippen LogP contribution in [0.3, 0.4) is 0 Å². The van der Waals surface area contributed by atoms with Crippen LogP contribution in [0.15, 0.2) is 22.7 Å². The van der Waals surface area contributed by atoms with Crippen LogP contribution in [0.25, 0.3) is 0 Å². The van der Waals surface area contributed by atoms with Gasteiger partial charge >= 0.3 is 0 Å². The second kappa shape index (κ2) is 4.67. The molecule has 1 atom stereocenters. The van der Waals surface area contributed by atoms with Crippen molar-refractivity contribution in [3.05, 3.63) is 46.6 Å². The summed E-state index contributed by atoms with van der Waals surface area (Å²) in [7, 11) is 0. The smallest absolute Gasteiger partial charge is 0.226 e. The van der Waals surface area contributed by atoms with Crippen molar-refractivity contribution in [1.82, 2.24) is 10.1 Å². The molecule has 4 nitrogen and oxygen atoms in total. The van der Waals surface area contributed by atoms with Gasteiger partial charge in [0.2, 0.25) is 5.89 Å². The minimum Gasteiger partial charge on any atom is -0.339 e. The Labute approximate surface area is 101 Å². The van der Waals surface area contributed by atoms with E-state index in [1.807, 2.05) is 6.92 Å². The summed E-state index contributed by atoms with van der Waals surface area (Å²) in [5.41, 5.74) is 9.54. The molecule has 0 amide bonds. The van der Waals surface area contributed by atoms with Crippen LogP contribution < -0.4 is 5.73 Å². The summed E-state index contributed by atoms with van der Waals surface area (Å²) in [6, 6.07) is 5.90. The molecule has 2 N–H and O–H groups in total. The van der Waals surface area contributed by atoms with E-state index < -0.39 is 0 Å². The van der Waals surface area contributed by atoms with Gasteiger partial charge in [-0.15, -0.1) is 0 Å². The van der Waals surface area contributed by atoms with Crippen LogP contribution in [-0.2, 0) is 6.42 Å². The molecule has 0 radical (unpaired) electrons. The van der Waals surface area contributed by atoms with Crippen molar-refractivity contribution in [2.45, 2.75) is 33.2 Å². The fourth-order valence-electron chi connectivity index (χ4n) is 1.88. The van der Waals surface area contributed by atoms with Gasteiger partial charge in [0.25, 0.3) is 0 Å². The topological polar surface area (TPSA) is 64.9 Å². The molecule has 0 bridgehead atoms. The zero-order valence-corrected chi connectivity index (χ0v) is 10.4. The molecule has 90 valence electrons. The molecule has 0 fully saturated rings. The molecule has 0 saturated heterocycles. The number of aromatic nitrogens is 2. The largest absolute Gasteiger partial charge is 0.339 e. The van der Waals surface area contributed by atoms with E-state index in [9.17, 15) is 0 Å². The third-order valence-corrected chi connectivity index (χ3v) is 2.67. The Balaban J connectivity index is 2.32. The Bertz CT molecular complexity index is 499. The second-order valence-electron chi connectivity index (χ2n) is 4.30. The quantitative estimate of drug-likeness (QED) is 0.880. The molecule has 2 rings (SSSR count). The summed E-state index contributed by atoms with van der Waals surface area (Å²) in [6.07, 6.45) is 0.729. The van der Waals surface area contributed by atoms with Crippen LogP contribution in [0, 0.1) is 13.8 Å². The third kappa shape index (κ3) is 2.53. The van der Waals surface area contributed by atoms with Crippen LogP contribution in [0.4, 0.5) is 0 Å². The highest BCUT2D eigenvalue weighted by Crippen LogP contribution is 2.19. The van der Waals surface area contributed by atoms with Crippen LogP contribution in [0.1, 0.15) is 41.4 Å². The fraction of sp³-hybridized carbons (Fsp3) is 0.385. The summed E-state index contributed by atoms with van der Waals surface area (Å²) in [6.45, 7) is 6.08. The maximum absolute atomic E-state index is 6.14. The maximum Gasteiger partial charge on any atom is 0.226 e. The van der Waals surface area contributed by atoms with Crippen molar-refractivity contribution in [2.24, 2.45) is 5.73 Å². The predicted octanol–water partition coefficient (Wildman–Crippen LogP) is 2.30. The highest BCUT2D eigenvalue weighted by molar-refractivity contribution is 5.32. The van der Waals surface area contributed by atoms with Crippen molar-refractivity contribution in [3.8, 4) is 0 Å². The van der Waals surface area contributed by atoms with Gasteiger partial charge in [-0.25, -0.2) is 0 Å². The molecule has 0 aliphatic carbocycles. The van der Waals surface area contributed by atoms with Crippen LogP contribution >= 0.6 is 0 Å². The van der Waals surface area contributed by atoms with E-state index in [4.69, 9.17) is 10.3 Å². The number of aryl methyl sites for hydroxylation is 3. The Morgan fingerprint density at radius 2 is 1.88 bits per heavy atom. The van der Waals surface area contributed by atoms with Gasteiger partial charge < -0.3 is 10.3 Å². The van der Waals surface area contributed by atoms with E-state index in [0.717, 1.165) is 12.0 Å². The SMILES string of the molecule is CCc1nc(C(N)c2cc(C)cc(C)c2)no1. The first-order chi connectivity index (χ1) is 8.10. The summed E-state index contributed by atoms with van der Waals surface area (Å²) >= 11 is 0. The monoisotopic (exact) mass is 231 g/mol. The summed E-state index contributed by atoms with van der Waals surface area (Å²) in [5.74, 6) is 1.17. The van der Waals surface area contributed by atoms with Crippen molar-refractivity contribution < 1.29 is 4.52 Å². The standard InChI is InChI=1S/C13H17N3O/c1-4-11-15-13(16-17-11)12(14)10-6-8(2)5-9(3)7-10/h5-7,12H,4,14H2,1-3H3. The van der Waals surface area contributed by atoms with E-state index in [0.29, 0.717) is 11.7 Å². The summed E-state index contributed by atoms with van der Waals surface area (Å²) < 4.78 is 5.08. The molecular formula is C13H17N3O. The van der Waals surface area contributed by atoms with Gasteiger partial charge in [0.1, 0.15) is 0 Å². The average molecular weight is 231 g/mol. The van der Waals surface area contributed by atoms with Crippen LogP contribution in [0.2, 0.25) is 0 Å². The van der Waals surface area contributed by atoms with E-state index in [-0.39, 0.29) is 6.04 Å². The van der Waals surface area contributed by atoms with Gasteiger partial charge in [0.05, 0.1) is 6.04 Å². The number of nitrogens with zero attached hydrogens (tertiary/aromatic N) is 2. The zero-order valence-electron chi connectivity index (χ0n) is 10.4. The Kier molecular flexibility index (Phi) is 3.24. The lowest BCUT2D eigenvalue weighted by atomic mass is 10.0. The molecule has 1 heterocycles. The van der Waals surface area contributed by atoms with E-state index in [1.54, 1.807) is 0 Å². The maximum atomic E-state index is 6.14. The van der Waals surface area contributed by atoms with Crippen molar-refractivity contribution in [2.75, 3.05) is 0 Å². The molecule has 0 saturated carbocycles. The number of rotatable bonds is 3. The van der Waals surface area contributed by atoms with Gasteiger partial charge in [-0.2, -0.15) is 4.98 Å². The van der Waals surface area contributed by atoms with Crippen molar-refractivity contribution in [1.29, 1.82) is 0 Å². The average Bonchev–Trinajstić information content (AvgIpc) is 2.75. The number of benzene rings is 1. The molecule has 1 aromatic carbocycles. The number of hydrogen-bond acceptors (Lipinski definition) is 4. The van der Waals surface area contributed by atoms with Crippen LogP contribution in [-0.4, -0.2) is 10.1 Å². The van der Waals surface area contributed by atoms with Gasteiger partial charge in [-0.3, -0.25) is 0 Å². The zero-order chi connectivity index (χ0) is 12.4. The Morgan fingerprint density at radius 3 is 2.41 bits per heavy atom. The fourth-order valence-corrected chi connectivity index (χ4v) is 1.88. The lowest BCUT2D eigenvalue weighted by molar-refractivity contribution is 0.375. The van der Waals surface area contributed by atoms with Gasteiger partial charge in [0, 0.05) is 6.42 Å². The Morgan fingerprint density at radius 1 is 1.24 bits per heavy atom. The molecule has 2 aromatic rings. The van der Waals surface area contributed by atoms with Gasteiger partial charge in [-0.05, 0) is 19.4 Å². The van der Waals surface area contributed by atoms with E-state index >= 15 is 0 Å². The molecule has 0 aliphatic heterocycles. The summed E-state index contributed by atoms with van der Waals surface area (Å²) in [4.78, 5) is 4.26. The molecule has 1 aromatic heterocycles. The highest BCUT2D eigenvalue weighted by Gasteiger charge is 2.16. The first-order valence-corrected chi connectivity index (χ1v) is 5.76. The van der Waals surface area contributed by atoms with E-state index in [1.165, 1.54) is 11.1 Å². The Hall–Kier alpha value is -1.68. The summed E-state index contributed by atoms with van der Waals surface area (Å²) in [5, 5.41) is 3.91. The molecule has 0 aliphatic rings. The minimum absolute atomic E-state index is 0.322. The molecule has 4 heteroatoms. The van der Waals surface area contributed by atoms with E-state index in [2.05, 4.69) is 42.2 Å². The molecule has 1 unspecified atom stereocenters. The highest BCUT2D eigenvalue weighted by atomic mass is 16.5. The molecule has 0 spiro atoms. The second-order valence-corrected chi connectivity index (χ2v) is 4.30. The minimum atomic E-state index is -0.322. The molecule has 17 heavy (non-hydrogen) atoms.